The van der Waals surface area contributed by atoms with Crippen molar-refractivity contribution in [1.29, 1.82) is 0 Å². The highest BCUT2D eigenvalue weighted by molar-refractivity contribution is 5.50. The van der Waals surface area contributed by atoms with E-state index in [2.05, 4.69) is 22.3 Å². The van der Waals surface area contributed by atoms with Gasteiger partial charge >= 0.3 is 0 Å². The highest BCUT2D eigenvalue weighted by Gasteiger charge is 2.25. The lowest BCUT2D eigenvalue weighted by molar-refractivity contribution is 0.0360. The summed E-state index contributed by atoms with van der Waals surface area (Å²) in [4.78, 5) is 2.49. The van der Waals surface area contributed by atoms with E-state index in [1.165, 1.54) is 11.1 Å². The van der Waals surface area contributed by atoms with E-state index in [-0.39, 0.29) is 0 Å². The van der Waals surface area contributed by atoms with Gasteiger partial charge < -0.3 is 19.5 Å². The van der Waals surface area contributed by atoms with E-state index in [4.69, 9.17) is 14.2 Å². The summed E-state index contributed by atoms with van der Waals surface area (Å²) >= 11 is 0. The summed E-state index contributed by atoms with van der Waals surface area (Å²) in [5, 5.41) is 3.65. The maximum absolute atomic E-state index is 5.53. The fraction of sp³-hybridized carbons (Fsp3) is 0.625. The fourth-order valence-corrected chi connectivity index (χ4v) is 3.43. The number of ether oxygens (including phenoxy) is 3. The molecule has 5 nitrogen and oxygen atoms in total. The van der Waals surface area contributed by atoms with E-state index < -0.39 is 0 Å². The summed E-state index contributed by atoms with van der Waals surface area (Å²) in [5.41, 5.74) is 2.80. The number of benzene rings is 1. The summed E-state index contributed by atoms with van der Waals surface area (Å²) in [6.45, 7) is 6.36. The topological polar surface area (TPSA) is 43.0 Å². The third kappa shape index (κ3) is 2.73. The predicted octanol–water partition coefficient (Wildman–Crippen LogP) is 1.32. The molecule has 0 amide bonds. The Kier molecular flexibility index (Phi) is 3.71. The molecule has 0 bridgehead atoms. The summed E-state index contributed by atoms with van der Waals surface area (Å²) in [7, 11) is 0. The molecule has 3 heterocycles. The number of fused-ring (bicyclic) bond motifs is 2. The van der Waals surface area contributed by atoms with Gasteiger partial charge in [0.1, 0.15) is 0 Å². The molecule has 1 unspecified atom stereocenters. The van der Waals surface area contributed by atoms with Crippen LogP contribution in [0.4, 0.5) is 0 Å². The number of morpholine rings is 1. The van der Waals surface area contributed by atoms with Gasteiger partial charge in [-0.25, -0.2) is 0 Å². The van der Waals surface area contributed by atoms with Crippen LogP contribution >= 0.6 is 0 Å². The quantitative estimate of drug-likeness (QED) is 0.909. The minimum Gasteiger partial charge on any atom is -0.454 e. The zero-order chi connectivity index (χ0) is 14.1. The van der Waals surface area contributed by atoms with E-state index in [0.29, 0.717) is 12.8 Å². The van der Waals surface area contributed by atoms with Crippen LogP contribution in [0.2, 0.25) is 0 Å². The van der Waals surface area contributed by atoms with Crippen molar-refractivity contribution < 1.29 is 14.2 Å². The van der Waals surface area contributed by atoms with Crippen molar-refractivity contribution >= 4 is 0 Å². The molecule has 0 aromatic heterocycles. The number of hydrogen-bond donors (Lipinski definition) is 1. The van der Waals surface area contributed by atoms with Crippen molar-refractivity contribution in [2.75, 3.05) is 46.2 Å². The van der Waals surface area contributed by atoms with E-state index in [1.807, 2.05) is 0 Å². The number of nitrogens with zero attached hydrogens (tertiary/aromatic N) is 1. The van der Waals surface area contributed by atoms with Gasteiger partial charge in [0.05, 0.1) is 13.2 Å². The van der Waals surface area contributed by atoms with Crippen molar-refractivity contribution in [3.05, 3.63) is 23.3 Å². The molecule has 1 saturated heterocycles. The highest BCUT2D eigenvalue weighted by Crippen LogP contribution is 2.38. The first-order valence-corrected chi connectivity index (χ1v) is 7.86. The van der Waals surface area contributed by atoms with Gasteiger partial charge in [-0.1, -0.05) is 0 Å². The molecule has 0 spiro atoms. The zero-order valence-electron chi connectivity index (χ0n) is 12.3. The number of nitrogens with one attached hydrogen (secondary N) is 1. The summed E-state index contributed by atoms with van der Waals surface area (Å²) in [5.74, 6) is 1.80. The molecular formula is C16H22N2O3. The van der Waals surface area contributed by atoms with Crippen LogP contribution in [0.5, 0.6) is 11.5 Å². The average molecular weight is 290 g/mol. The van der Waals surface area contributed by atoms with Crippen molar-refractivity contribution in [2.45, 2.75) is 18.9 Å². The monoisotopic (exact) mass is 290 g/mol. The zero-order valence-corrected chi connectivity index (χ0v) is 12.3. The Morgan fingerprint density at radius 1 is 1.14 bits per heavy atom. The van der Waals surface area contributed by atoms with Gasteiger partial charge in [0.15, 0.2) is 11.5 Å². The summed E-state index contributed by atoms with van der Waals surface area (Å²) in [6.07, 6.45) is 2.20. The predicted molar refractivity (Wildman–Crippen MR) is 78.9 cm³/mol. The molecule has 0 aliphatic carbocycles. The largest absolute Gasteiger partial charge is 0.454 e. The van der Waals surface area contributed by atoms with Gasteiger partial charge in [0.25, 0.3) is 0 Å². The molecule has 1 aromatic carbocycles. The Balaban J connectivity index is 1.47. The van der Waals surface area contributed by atoms with Gasteiger partial charge in [0.2, 0.25) is 6.79 Å². The first kappa shape index (κ1) is 13.4. The lowest BCUT2D eigenvalue weighted by Crippen LogP contribution is -2.39. The van der Waals surface area contributed by atoms with Crippen LogP contribution in [-0.4, -0.2) is 51.1 Å². The Bertz CT molecular complexity index is 514. The number of hydrogen-bond acceptors (Lipinski definition) is 5. The molecule has 21 heavy (non-hydrogen) atoms. The Morgan fingerprint density at radius 2 is 1.95 bits per heavy atom. The van der Waals surface area contributed by atoms with Crippen LogP contribution in [0.15, 0.2) is 12.1 Å². The molecule has 3 aliphatic rings. The molecule has 0 radical (unpaired) electrons. The molecule has 5 heteroatoms. The van der Waals surface area contributed by atoms with Crippen molar-refractivity contribution in [2.24, 2.45) is 0 Å². The number of rotatable bonds is 3. The third-order valence-electron chi connectivity index (χ3n) is 4.63. The minimum absolute atomic E-state index is 0.351. The van der Waals surface area contributed by atoms with Crippen molar-refractivity contribution in [3.63, 3.8) is 0 Å². The maximum atomic E-state index is 5.53. The molecule has 1 aromatic rings. The standard InChI is InChI=1S/C16H22N2O3/c1-3-17-14(2-4-18-5-7-19-8-6-18)13-10-16-15(9-12(1)13)20-11-21-16/h9-10,14,17H,1-8,11H2. The maximum Gasteiger partial charge on any atom is 0.231 e. The van der Waals surface area contributed by atoms with E-state index in [0.717, 1.165) is 63.7 Å². The second-order valence-corrected chi connectivity index (χ2v) is 5.90. The van der Waals surface area contributed by atoms with Crippen LogP contribution in [0.25, 0.3) is 0 Å². The molecule has 1 N–H and O–H groups in total. The summed E-state index contributed by atoms with van der Waals surface area (Å²) in [6, 6.07) is 4.76. The smallest absolute Gasteiger partial charge is 0.231 e. The van der Waals surface area contributed by atoms with Crippen LogP contribution in [0.1, 0.15) is 23.6 Å². The van der Waals surface area contributed by atoms with Crippen molar-refractivity contribution in [3.8, 4) is 11.5 Å². The van der Waals surface area contributed by atoms with Gasteiger partial charge in [-0.2, -0.15) is 0 Å². The second kappa shape index (κ2) is 5.83. The lowest BCUT2D eigenvalue weighted by Gasteiger charge is -2.31. The van der Waals surface area contributed by atoms with Gasteiger partial charge in [-0.15, -0.1) is 0 Å². The molecular weight excluding hydrogens is 268 g/mol. The van der Waals surface area contributed by atoms with Crippen LogP contribution in [-0.2, 0) is 11.2 Å². The lowest BCUT2D eigenvalue weighted by atomic mass is 9.91. The van der Waals surface area contributed by atoms with Crippen LogP contribution < -0.4 is 14.8 Å². The normalized spacial score (nSPS) is 24.9. The molecule has 4 rings (SSSR count). The fourth-order valence-electron chi connectivity index (χ4n) is 3.43. The Morgan fingerprint density at radius 3 is 2.81 bits per heavy atom. The second-order valence-electron chi connectivity index (χ2n) is 5.90. The van der Waals surface area contributed by atoms with Crippen molar-refractivity contribution in [1.82, 2.24) is 10.2 Å². The SMILES string of the molecule is c1c2c(cc3c1OCO3)C(CCN1CCOCC1)NCC2. The van der Waals surface area contributed by atoms with E-state index >= 15 is 0 Å². The van der Waals surface area contributed by atoms with Gasteiger partial charge in [-0.3, -0.25) is 4.90 Å². The molecule has 3 aliphatic heterocycles. The molecule has 1 fully saturated rings. The van der Waals surface area contributed by atoms with E-state index in [1.54, 1.807) is 0 Å². The molecule has 0 saturated carbocycles. The average Bonchev–Trinajstić information content (AvgIpc) is 2.99. The Hall–Kier alpha value is -1.30. The highest BCUT2D eigenvalue weighted by atomic mass is 16.7. The van der Waals surface area contributed by atoms with Crippen LogP contribution in [0.3, 0.4) is 0 Å². The Labute approximate surface area is 125 Å². The van der Waals surface area contributed by atoms with Gasteiger partial charge in [0, 0.05) is 25.7 Å². The first-order valence-electron chi connectivity index (χ1n) is 7.86. The first-order chi connectivity index (χ1) is 10.4. The van der Waals surface area contributed by atoms with E-state index in [9.17, 15) is 0 Å². The minimum atomic E-state index is 0.351. The van der Waals surface area contributed by atoms with Crippen LogP contribution in [0, 0.1) is 0 Å². The molecule has 114 valence electrons. The van der Waals surface area contributed by atoms with Gasteiger partial charge in [-0.05, 0) is 42.6 Å². The molecule has 1 atom stereocenters. The third-order valence-corrected chi connectivity index (χ3v) is 4.63. The summed E-state index contributed by atoms with van der Waals surface area (Å²) < 4.78 is 16.4.